The molecular weight excluding hydrogens is 208 g/mol. The van der Waals surface area contributed by atoms with Crippen LogP contribution < -0.4 is 0 Å². The van der Waals surface area contributed by atoms with Gasteiger partial charge in [-0.25, -0.2) is 0 Å². The molecule has 0 amide bonds. The molecule has 0 fully saturated rings. The fraction of sp³-hybridized carbons (Fsp3) is 0.500. The van der Waals surface area contributed by atoms with Gasteiger partial charge in [-0.15, -0.1) is 0 Å². The SMILES string of the molecule is C=C(O)C(CC)(CC)c1ccccc1.CCC. The lowest BCUT2D eigenvalue weighted by molar-refractivity contribution is 0.281. The molecule has 0 saturated heterocycles. The minimum Gasteiger partial charge on any atom is -0.512 e. The predicted octanol–water partition coefficient (Wildman–Crippen LogP) is 5.23. The van der Waals surface area contributed by atoms with Gasteiger partial charge in [-0.05, 0) is 18.4 Å². The summed E-state index contributed by atoms with van der Waals surface area (Å²) in [6.07, 6.45) is 3.01. The van der Waals surface area contributed by atoms with Crippen molar-refractivity contribution in [3.63, 3.8) is 0 Å². The van der Waals surface area contributed by atoms with E-state index in [4.69, 9.17) is 0 Å². The predicted molar refractivity (Wildman–Crippen MR) is 76.4 cm³/mol. The van der Waals surface area contributed by atoms with Crippen molar-refractivity contribution in [3.8, 4) is 0 Å². The summed E-state index contributed by atoms with van der Waals surface area (Å²) in [6, 6.07) is 10.1. The van der Waals surface area contributed by atoms with Gasteiger partial charge in [0.15, 0.2) is 0 Å². The number of aliphatic hydroxyl groups is 1. The Hall–Kier alpha value is -1.24. The zero-order chi connectivity index (χ0) is 13.3. The molecule has 96 valence electrons. The lowest BCUT2D eigenvalue weighted by Crippen LogP contribution is -2.26. The lowest BCUT2D eigenvalue weighted by atomic mass is 9.74. The van der Waals surface area contributed by atoms with Crippen LogP contribution in [0.3, 0.4) is 0 Å². The Kier molecular flexibility index (Phi) is 7.36. The molecule has 0 saturated carbocycles. The molecule has 0 radical (unpaired) electrons. The van der Waals surface area contributed by atoms with E-state index < -0.39 is 0 Å². The zero-order valence-corrected chi connectivity index (χ0v) is 11.7. The molecule has 0 atom stereocenters. The summed E-state index contributed by atoms with van der Waals surface area (Å²) in [5, 5.41) is 9.72. The van der Waals surface area contributed by atoms with Crippen molar-refractivity contribution in [2.24, 2.45) is 0 Å². The smallest absolute Gasteiger partial charge is 0.0956 e. The summed E-state index contributed by atoms with van der Waals surface area (Å²) in [5.74, 6) is 0.272. The maximum Gasteiger partial charge on any atom is 0.0956 e. The van der Waals surface area contributed by atoms with E-state index in [0.717, 1.165) is 18.4 Å². The van der Waals surface area contributed by atoms with E-state index in [1.807, 2.05) is 18.2 Å². The molecule has 0 aromatic heterocycles. The van der Waals surface area contributed by atoms with Crippen LogP contribution in [0.2, 0.25) is 0 Å². The highest BCUT2D eigenvalue weighted by atomic mass is 16.3. The van der Waals surface area contributed by atoms with Crippen LogP contribution in [0.15, 0.2) is 42.7 Å². The maximum atomic E-state index is 9.72. The Balaban J connectivity index is 0.000000770. The van der Waals surface area contributed by atoms with E-state index in [1.165, 1.54) is 6.42 Å². The first-order valence-electron chi connectivity index (χ1n) is 6.52. The van der Waals surface area contributed by atoms with Gasteiger partial charge in [0, 0.05) is 0 Å². The molecular formula is C16H26O. The van der Waals surface area contributed by atoms with Crippen molar-refractivity contribution in [2.75, 3.05) is 0 Å². The van der Waals surface area contributed by atoms with Crippen LogP contribution in [0.4, 0.5) is 0 Å². The number of hydrogen-bond acceptors (Lipinski definition) is 1. The molecule has 0 spiro atoms. The van der Waals surface area contributed by atoms with Crippen molar-refractivity contribution >= 4 is 0 Å². The largest absolute Gasteiger partial charge is 0.512 e. The van der Waals surface area contributed by atoms with Crippen molar-refractivity contribution in [2.45, 2.75) is 52.4 Å². The summed E-state index contributed by atoms with van der Waals surface area (Å²) >= 11 is 0. The third-order valence-electron chi connectivity index (χ3n) is 3.09. The van der Waals surface area contributed by atoms with Gasteiger partial charge in [0.2, 0.25) is 0 Å². The Morgan fingerprint density at radius 1 is 1.06 bits per heavy atom. The van der Waals surface area contributed by atoms with Crippen LogP contribution in [0.25, 0.3) is 0 Å². The second-order valence-electron chi connectivity index (χ2n) is 4.31. The first-order valence-corrected chi connectivity index (χ1v) is 6.52. The number of benzene rings is 1. The average Bonchev–Trinajstić information content (AvgIpc) is 2.33. The van der Waals surface area contributed by atoms with Crippen LogP contribution in [0.5, 0.6) is 0 Å². The van der Waals surface area contributed by atoms with Crippen molar-refractivity contribution < 1.29 is 5.11 Å². The minimum atomic E-state index is -0.263. The van der Waals surface area contributed by atoms with E-state index in [1.54, 1.807) is 0 Å². The van der Waals surface area contributed by atoms with Gasteiger partial charge in [0.1, 0.15) is 0 Å². The third kappa shape index (κ3) is 3.92. The van der Waals surface area contributed by atoms with Gasteiger partial charge in [-0.3, -0.25) is 0 Å². The molecule has 0 aliphatic heterocycles. The van der Waals surface area contributed by atoms with E-state index in [-0.39, 0.29) is 11.2 Å². The van der Waals surface area contributed by atoms with Crippen LogP contribution in [-0.2, 0) is 5.41 Å². The topological polar surface area (TPSA) is 20.2 Å². The highest BCUT2D eigenvalue weighted by Crippen LogP contribution is 2.36. The Morgan fingerprint density at radius 2 is 1.47 bits per heavy atom. The molecule has 1 aromatic rings. The summed E-state index contributed by atoms with van der Waals surface area (Å²) in [7, 11) is 0. The second-order valence-corrected chi connectivity index (χ2v) is 4.31. The number of allylic oxidation sites excluding steroid dienone is 1. The molecule has 1 heteroatoms. The molecule has 0 bridgehead atoms. The summed E-state index contributed by atoms with van der Waals surface area (Å²) in [6.45, 7) is 12.1. The van der Waals surface area contributed by atoms with Gasteiger partial charge < -0.3 is 5.11 Å². The highest BCUT2D eigenvalue weighted by Gasteiger charge is 2.31. The fourth-order valence-corrected chi connectivity index (χ4v) is 1.99. The van der Waals surface area contributed by atoms with Crippen molar-refractivity contribution in [3.05, 3.63) is 48.2 Å². The van der Waals surface area contributed by atoms with Crippen LogP contribution in [0, 0.1) is 0 Å². The van der Waals surface area contributed by atoms with Crippen molar-refractivity contribution in [1.82, 2.24) is 0 Å². The van der Waals surface area contributed by atoms with E-state index in [0.29, 0.717) is 0 Å². The maximum absolute atomic E-state index is 9.72. The molecule has 0 heterocycles. The summed E-state index contributed by atoms with van der Waals surface area (Å²) in [5.41, 5.74) is 0.888. The van der Waals surface area contributed by atoms with Gasteiger partial charge in [0.25, 0.3) is 0 Å². The third-order valence-corrected chi connectivity index (χ3v) is 3.09. The molecule has 1 nitrogen and oxygen atoms in total. The Bertz CT molecular complexity index is 310. The van der Waals surface area contributed by atoms with Crippen LogP contribution in [-0.4, -0.2) is 5.11 Å². The monoisotopic (exact) mass is 234 g/mol. The lowest BCUT2D eigenvalue weighted by Gasteiger charge is -2.31. The normalized spacial score (nSPS) is 10.4. The summed E-state index contributed by atoms with van der Waals surface area (Å²) < 4.78 is 0. The minimum absolute atomic E-state index is 0.263. The van der Waals surface area contributed by atoms with Gasteiger partial charge in [-0.2, -0.15) is 0 Å². The van der Waals surface area contributed by atoms with Gasteiger partial charge >= 0.3 is 0 Å². The number of rotatable bonds is 4. The Labute approximate surface area is 106 Å². The molecule has 0 aliphatic carbocycles. The number of hydrogen-bond donors (Lipinski definition) is 1. The fourth-order valence-electron chi connectivity index (χ4n) is 1.99. The zero-order valence-electron chi connectivity index (χ0n) is 11.7. The van der Waals surface area contributed by atoms with E-state index in [9.17, 15) is 5.11 Å². The quantitative estimate of drug-likeness (QED) is 0.707. The first-order chi connectivity index (χ1) is 8.08. The van der Waals surface area contributed by atoms with Crippen LogP contribution in [0.1, 0.15) is 52.5 Å². The second kappa shape index (κ2) is 7.94. The molecule has 1 N–H and O–H groups in total. The molecule has 1 rings (SSSR count). The molecule has 0 aliphatic rings. The molecule has 17 heavy (non-hydrogen) atoms. The van der Waals surface area contributed by atoms with Crippen molar-refractivity contribution in [1.29, 1.82) is 0 Å². The van der Waals surface area contributed by atoms with Gasteiger partial charge in [0.05, 0.1) is 11.2 Å². The highest BCUT2D eigenvalue weighted by molar-refractivity contribution is 5.32. The van der Waals surface area contributed by atoms with E-state index >= 15 is 0 Å². The Morgan fingerprint density at radius 3 is 1.76 bits per heavy atom. The molecule has 1 aromatic carbocycles. The first kappa shape index (κ1) is 15.8. The van der Waals surface area contributed by atoms with E-state index in [2.05, 4.69) is 46.4 Å². The average molecular weight is 234 g/mol. The van der Waals surface area contributed by atoms with Crippen LogP contribution >= 0.6 is 0 Å². The van der Waals surface area contributed by atoms with Gasteiger partial charge in [-0.1, -0.05) is 71.0 Å². The number of aliphatic hydroxyl groups excluding tert-OH is 1. The summed E-state index contributed by atoms with van der Waals surface area (Å²) in [4.78, 5) is 0. The standard InChI is InChI=1S/C13H18O.C3H8/c1-4-13(5-2,11(3)14)12-9-7-6-8-10-12;1-3-2/h6-10,14H,3-5H2,1-2H3;3H2,1-2H3. The molecule has 0 unspecified atom stereocenters.